The molecule has 2 N–H and O–H groups in total. The van der Waals surface area contributed by atoms with Crippen molar-refractivity contribution in [3.8, 4) is 11.5 Å². The molecular formula is C18H16N2O5. The Balaban J connectivity index is 1.75. The third-order valence-corrected chi connectivity index (χ3v) is 3.86. The van der Waals surface area contributed by atoms with Crippen molar-refractivity contribution in [3.63, 3.8) is 0 Å². The van der Waals surface area contributed by atoms with Crippen LogP contribution in [-0.4, -0.2) is 31.9 Å². The van der Waals surface area contributed by atoms with E-state index in [0.29, 0.717) is 28.3 Å². The number of nitrogens with one attached hydrogen (secondary N) is 2. The van der Waals surface area contributed by atoms with E-state index in [2.05, 4.69) is 10.6 Å². The maximum Gasteiger partial charge on any atom is 0.259 e. The summed E-state index contributed by atoms with van der Waals surface area (Å²) >= 11 is 0. The second kappa shape index (κ2) is 6.64. The van der Waals surface area contributed by atoms with E-state index in [9.17, 15) is 14.4 Å². The third-order valence-electron chi connectivity index (χ3n) is 3.86. The van der Waals surface area contributed by atoms with E-state index in [0.717, 1.165) is 0 Å². The van der Waals surface area contributed by atoms with Gasteiger partial charge in [-0.2, -0.15) is 0 Å². The highest BCUT2D eigenvalue weighted by Gasteiger charge is 2.26. The molecule has 7 nitrogen and oxygen atoms in total. The summed E-state index contributed by atoms with van der Waals surface area (Å²) in [7, 11) is 3.07. The molecule has 0 saturated heterocycles. The lowest BCUT2D eigenvalue weighted by Gasteiger charge is -2.11. The quantitative estimate of drug-likeness (QED) is 0.809. The van der Waals surface area contributed by atoms with Crippen LogP contribution >= 0.6 is 0 Å². The maximum absolute atomic E-state index is 12.3. The molecule has 0 bridgehead atoms. The summed E-state index contributed by atoms with van der Waals surface area (Å²) in [5.74, 6) is 0.0191. The van der Waals surface area contributed by atoms with E-state index >= 15 is 0 Å². The molecule has 25 heavy (non-hydrogen) atoms. The monoisotopic (exact) mass is 340 g/mol. The molecule has 0 atom stereocenters. The van der Waals surface area contributed by atoms with Crippen molar-refractivity contribution < 1.29 is 23.9 Å². The number of carbonyl (C=O) groups is 3. The molecule has 0 aliphatic carbocycles. The number of fused-ring (bicyclic) bond motifs is 1. The third kappa shape index (κ3) is 3.30. The summed E-state index contributed by atoms with van der Waals surface area (Å²) < 4.78 is 10.4. The van der Waals surface area contributed by atoms with E-state index in [-0.39, 0.29) is 17.9 Å². The molecule has 128 valence electrons. The lowest BCUT2D eigenvalue weighted by atomic mass is 10.1. The molecule has 0 fully saturated rings. The second-order valence-corrected chi connectivity index (χ2v) is 5.45. The number of imide groups is 1. The molecule has 3 rings (SSSR count). The van der Waals surface area contributed by atoms with Crippen molar-refractivity contribution in [2.75, 3.05) is 19.5 Å². The first-order chi connectivity index (χ1) is 12.0. The summed E-state index contributed by atoms with van der Waals surface area (Å²) in [6.45, 7) is 0. The van der Waals surface area contributed by atoms with Crippen LogP contribution in [0.1, 0.15) is 26.3 Å². The minimum Gasteiger partial charge on any atom is -0.497 e. The number of ether oxygens (including phenoxy) is 2. The molecule has 3 amide bonds. The van der Waals surface area contributed by atoms with Crippen LogP contribution in [-0.2, 0) is 11.2 Å². The van der Waals surface area contributed by atoms with Crippen LogP contribution in [0.25, 0.3) is 0 Å². The Kier molecular flexibility index (Phi) is 4.38. The Morgan fingerprint density at radius 1 is 1.00 bits per heavy atom. The van der Waals surface area contributed by atoms with Gasteiger partial charge in [0.15, 0.2) is 0 Å². The Labute approximate surface area is 143 Å². The number of benzene rings is 2. The summed E-state index contributed by atoms with van der Waals surface area (Å²) in [4.78, 5) is 35.5. The first-order valence-corrected chi connectivity index (χ1v) is 7.52. The first-order valence-electron chi connectivity index (χ1n) is 7.52. The number of amides is 3. The van der Waals surface area contributed by atoms with Gasteiger partial charge in [0, 0.05) is 17.3 Å². The predicted molar refractivity (Wildman–Crippen MR) is 90.1 cm³/mol. The zero-order valence-electron chi connectivity index (χ0n) is 13.7. The van der Waals surface area contributed by atoms with E-state index in [4.69, 9.17) is 9.47 Å². The summed E-state index contributed by atoms with van der Waals surface area (Å²) in [6, 6.07) is 9.79. The van der Waals surface area contributed by atoms with Gasteiger partial charge in [-0.3, -0.25) is 19.7 Å². The highest BCUT2D eigenvalue weighted by Crippen LogP contribution is 2.25. The molecule has 1 aliphatic heterocycles. The first kappa shape index (κ1) is 16.5. The van der Waals surface area contributed by atoms with Crippen LogP contribution in [0.4, 0.5) is 5.69 Å². The summed E-state index contributed by atoms with van der Waals surface area (Å²) in [6.07, 6.45) is 0.0926. The number of hydrogen-bond donors (Lipinski definition) is 2. The van der Waals surface area contributed by atoms with Gasteiger partial charge in [0.05, 0.1) is 31.8 Å². The van der Waals surface area contributed by atoms with E-state index in [1.807, 2.05) is 0 Å². The van der Waals surface area contributed by atoms with Crippen LogP contribution in [0.2, 0.25) is 0 Å². The van der Waals surface area contributed by atoms with Crippen molar-refractivity contribution >= 4 is 23.4 Å². The fraction of sp³-hybridized carbons (Fsp3) is 0.167. The minimum absolute atomic E-state index is 0.0926. The van der Waals surface area contributed by atoms with Gasteiger partial charge in [-0.25, -0.2) is 0 Å². The molecule has 1 heterocycles. The van der Waals surface area contributed by atoms with Gasteiger partial charge < -0.3 is 14.8 Å². The topological polar surface area (TPSA) is 93.7 Å². The lowest BCUT2D eigenvalue weighted by Crippen LogP contribution is -2.19. The van der Waals surface area contributed by atoms with Crippen molar-refractivity contribution in [2.24, 2.45) is 0 Å². The van der Waals surface area contributed by atoms with Crippen molar-refractivity contribution in [2.45, 2.75) is 6.42 Å². The normalized spacial score (nSPS) is 12.4. The van der Waals surface area contributed by atoms with Gasteiger partial charge in [0.25, 0.3) is 11.8 Å². The van der Waals surface area contributed by atoms with Crippen molar-refractivity contribution in [1.82, 2.24) is 5.32 Å². The second-order valence-electron chi connectivity index (χ2n) is 5.45. The maximum atomic E-state index is 12.3. The lowest BCUT2D eigenvalue weighted by molar-refractivity contribution is -0.115. The molecule has 7 heteroatoms. The summed E-state index contributed by atoms with van der Waals surface area (Å²) in [5.41, 5.74) is 1.71. The molecule has 1 aliphatic rings. The molecular weight excluding hydrogens is 324 g/mol. The highest BCUT2D eigenvalue weighted by atomic mass is 16.5. The van der Waals surface area contributed by atoms with E-state index in [1.165, 1.54) is 19.2 Å². The van der Waals surface area contributed by atoms with Crippen LogP contribution < -0.4 is 20.1 Å². The summed E-state index contributed by atoms with van der Waals surface area (Å²) in [5, 5.41) is 4.93. The van der Waals surface area contributed by atoms with Gasteiger partial charge >= 0.3 is 0 Å². The van der Waals surface area contributed by atoms with Crippen LogP contribution in [0.5, 0.6) is 11.5 Å². The molecule has 0 saturated carbocycles. The number of carbonyl (C=O) groups excluding carboxylic acids is 3. The number of methoxy groups -OCH3 is 2. The van der Waals surface area contributed by atoms with Gasteiger partial charge in [-0.1, -0.05) is 6.07 Å². The number of rotatable bonds is 5. The van der Waals surface area contributed by atoms with E-state index in [1.54, 1.807) is 31.4 Å². The molecule has 0 unspecified atom stereocenters. The largest absolute Gasteiger partial charge is 0.497 e. The highest BCUT2D eigenvalue weighted by molar-refractivity contribution is 6.22. The van der Waals surface area contributed by atoms with Gasteiger partial charge in [0.1, 0.15) is 11.5 Å². The molecule has 2 aromatic rings. The standard InChI is InChI=1S/C18H16N2O5/c1-24-12-5-3-10(15(9-12)25-2)7-16(21)19-11-4-6-13-14(8-11)18(23)20-17(13)22/h3-6,8-9H,7H2,1-2H3,(H,19,21)(H,20,22,23). The van der Waals surface area contributed by atoms with Crippen molar-refractivity contribution in [1.29, 1.82) is 0 Å². The average molecular weight is 340 g/mol. The smallest absolute Gasteiger partial charge is 0.259 e. The Hall–Kier alpha value is -3.35. The van der Waals surface area contributed by atoms with Gasteiger partial charge in [-0.05, 0) is 24.3 Å². The average Bonchev–Trinajstić information content (AvgIpc) is 2.89. The van der Waals surface area contributed by atoms with Gasteiger partial charge in [0.2, 0.25) is 5.91 Å². The van der Waals surface area contributed by atoms with Crippen LogP contribution in [0.3, 0.4) is 0 Å². The Morgan fingerprint density at radius 2 is 1.76 bits per heavy atom. The van der Waals surface area contributed by atoms with E-state index < -0.39 is 11.8 Å². The SMILES string of the molecule is COc1ccc(CC(=O)Nc2ccc3c(c2)C(=O)NC3=O)c(OC)c1. The predicted octanol–water partition coefficient (Wildman–Crippen LogP) is 1.77. The van der Waals surface area contributed by atoms with Crippen molar-refractivity contribution in [3.05, 3.63) is 53.1 Å². The molecule has 0 spiro atoms. The zero-order chi connectivity index (χ0) is 18.0. The molecule has 0 aromatic heterocycles. The zero-order valence-corrected chi connectivity index (χ0v) is 13.7. The molecule has 2 aromatic carbocycles. The molecule has 0 radical (unpaired) electrons. The number of anilines is 1. The Bertz CT molecular complexity index is 876. The fourth-order valence-electron chi connectivity index (χ4n) is 2.62. The fourth-order valence-corrected chi connectivity index (χ4v) is 2.62. The Morgan fingerprint density at radius 3 is 2.48 bits per heavy atom. The number of hydrogen-bond acceptors (Lipinski definition) is 5. The van der Waals surface area contributed by atoms with Gasteiger partial charge in [-0.15, -0.1) is 0 Å². The minimum atomic E-state index is -0.465. The van der Waals surface area contributed by atoms with Crippen LogP contribution in [0.15, 0.2) is 36.4 Å². The van der Waals surface area contributed by atoms with Crippen LogP contribution in [0, 0.1) is 0 Å².